The first-order valence-corrected chi connectivity index (χ1v) is 14.0. The van der Waals surface area contributed by atoms with Gasteiger partial charge in [0.2, 0.25) is 11.8 Å². The third-order valence-electron chi connectivity index (χ3n) is 8.16. The van der Waals surface area contributed by atoms with Crippen molar-refractivity contribution in [2.75, 3.05) is 32.8 Å². The van der Waals surface area contributed by atoms with Gasteiger partial charge in [-0.15, -0.1) is 0 Å². The molecule has 2 aromatic carbocycles. The molecule has 8 nitrogen and oxygen atoms in total. The highest BCUT2D eigenvalue weighted by Gasteiger charge is 2.36. The largest absolute Gasteiger partial charge is 0.484 e. The van der Waals surface area contributed by atoms with Crippen molar-refractivity contribution in [2.45, 2.75) is 51.7 Å². The molecule has 2 fully saturated rings. The number of carbonyl (C=O) groups is 2. The second kappa shape index (κ2) is 11.2. The van der Waals surface area contributed by atoms with Gasteiger partial charge in [0.15, 0.2) is 12.3 Å². The predicted molar refractivity (Wildman–Crippen MR) is 144 cm³/mol. The summed E-state index contributed by atoms with van der Waals surface area (Å²) in [4.78, 5) is 34.5. The van der Waals surface area contributed by atoms with Gasteiger partial charge in [0, 0.05) is 25.6 Å². The minimum absolute atomic E-state index is 0.106. The van der Waals surface area contributed by atoms with Gasteiger partial charge in [0.1, 0.15) is 12.0 Å². The van der Waals surface area contributed by atoms with Crippen LogP contribution in [0.4, 0.5) is 0 Å². The van der Waals surface area contributed by atoms with E-state index in [2.05, 4.69) is 53.2 Å². The van der Waals surface area contributed by atoms with Crippen LogP contribution in [0.5, 0.6) is 5.75 Å². The van der Waals surface area contributed by atoms with Gasteiger partial charge in [0.25, 0.3) is 5.91 Å². The molecule has 0 N–H and O–H groups in total. The third-order valence-corrected chi connectivity index (χ3v) is 8.16. The summed E-state index contributed by atoms with van der Waals surface area (Å²) in [5, 5.41) is 0. The Bertz CT molecular complexity index is 1320. The lowest BCUT2D eigenvalue weighted by molar-refractivity contribution is -0.137. The van der Waals surface area contributed by atoms with Crippen LogP contribution in [0.15, 0.2) is 53.1 Å². The SMILES string of the molecule is Cc1ccc([C@@H]2c3cc(OCc4nc(C(=O)N5CCOCC5)co4)ccc3CCN2C(=O)C2CCCC2)cc1. The summed E-state index contributed by atoms with van der Waals surface area (Å²) in [7, 11) is 0. The zero-order chi connectivity index (χ0) is 26.8. The Kier molecular flexibility index (Phi) is 7.37. The van der Waals surface area contributed by atoms with Crippen molar-refractivity contribution in [1.82, 2.24) is 14.8 Å². The van der Waals surface area contributed by atoms with Gasteiger partial charge >= 0.3 is 0 Å². The Morgan fingerprint density at radius 3 is 2.56 bits per heavy atom. The van der Waals surface area contributed by atoms with E-state index >= 15 is 0 Å². The molecule has 1 aliphatic carbocycles. The molecular formula is C31H35N3O5. The standard InChI is InChI=1S/C31H35N3O5/c1-21-6-8-23(9-7-21)29-26-18-25(11-10-22(26)12-13-34(29)30(35)24-4-2-3-5-24)38-20-28-32-27(19-39-28)31(36)33-14-16-37-17-15-33/h6-11,18-19,24,29H,2-5,12-17,20H2,1H3/t29-/m1/s1. The average molecular weight is 530 g/mol. The lowest BCUT2D eigenvalue weighted by Crippen LogP contribution is -2.43. The van der Waals surface area contributed by atoms with Gasteiger partial charge in [-0.25, -0.2) is 4.98 Å². The third kappa shape index (κ3) is 5.43. The number of aryl methyl sites for hydroxylation is 1. The number of amides is 2. The van der Waals surface area contributed by atoms with Crippen molar-refractivity contribution in [1.29, 1.82) is 0 Å². The van der Waals surface area contributed by atoms with Crippen LogP contribution < -0.4 is 4.74 Å². The van der Waals surface area contributed by atoms with E-state index in [9.17, 15) is 9.59 Å². The van der Waals surface area contributed by atoms with E-state index in [4.69, 9.17) is 13.9 Å². The zero-order valence-corrected chi connectivity index (χ0v) is 22.4. The molecule has 3 aromatic rings. The molecule has 0 radical (unpaired) electrons. The van der Waals surface area contributed by atoms with Crippen molar-refractivity contribution in [3.63, 3.8) is 0 Å². The molecule has 0 bridgehead atoms. The van der Waals surface area contributed by atoms with E-state index in [1.807, 2.05) is 6.07 Å². The maximum absolute atomic E-state index is 13.7. The fourth-order valence-corrected chi connectivity index (χ4v) is 5.98. The number of aromatic nitrogens is 1. The van der Waals surface area contributed by atoms with Crippen molar-refractivity contribution < 1.29 is 23.5 Å². The summed E-state index contributed by atoms with van der Waals surface area (Å²) in [6.07, 6.45) is 6.45. The number of hydrogen-bond donors (Lipinski definition) is 0. The fraction of sp³-hybridized carbons (Fsp3) is 0.452. The molecule has 204 valence electrons. The number of benzene rings is 2. The maximum atomic E-state index is 13.7. The smallest absolute Gasteiger partial charge is 0.275 e. The van der Waals surface area contributed by atoms with Crippen LogP contribution in [0.1, 0.15) is 70.4 Å². The van der Waals surface area contributed by atoms with E-state index in [1.54, 1.807) is 4.90 Å². The van der Waals surface area contributed by atoms with Gasteiger partial charge in [-0.2, -0.15) is 0 Å². The Hall–Kier alpha value is -3.65. The fourth-order valence-electron chi connectivity index (χ4n) is 5.98. The van der Waals surface area contributed by atoms with Gasteiger partial charge in [0.05, 0.1) is 19.3 Å². The molecule has 1 saturated carbocycles. The molecule has 0 spiro atoms. The Morgan fingerprint density at radius 2 is 1.79 bits per heavy atom. The summed E-state index contributed by atoms with van der Waals surface area (Å²) in [5.41, 5.74) is 4.92. The first-order valence-electron chi connectivity index (χ1n) is 14.0. The molecule has 1 atom stereocenters. The van der Waals surface area contributed by atoms with E-state index < -0.39 is 0 Å². The van der Waals surface area contributed by atoms with Crippen LogP contribution in [0.3, 0.4) is 0 Å². The van der Waals surface area contributed by atoms with E-state index in [1.165, 1.54) is 17.4 Å². The van der Waals surface area contributed by atoms with Crippen molar-refractivity contribution in [3.05, 3.63) is 82.6 Å². The number of rotatable bonds is 6. The number of carbonyl (C=O) groups excluding carboxylic acids is 2. The normalized spacial score (nSPS) is 19.7. The summed E-state index contributed by atoms with van der Waals surface area (Å²) in [6.45, 7) is 5.07. The average Bonchev–Trinajstić information content (AvgIpc) is 3.69. The molecule has 6 rings (SSSR count). The van der Waals surface area contributed by atoms with Gasteiger partial charge in [-0.05, 0) is 55.0 Å². The molecule has 3 aliphatic rings. The van der Waals surface area contributed by atoms with Crippen molar-refractivity contribution in [2.24, 2.45) is 5.92 Å². The van der Waals surface area contributed by atoms with Gasteiger partial charge < -0.3 is 23.7 Å². The molecule has 3 heterocycles. The quantitative estimate of drug-likeness (QED) is 0.460. The molecule has 2 amide bonds. The monoisotopic (exact) mass is 529 g/mol. The number of morpholine rings is 1. The molecule has 1 saturated heterocycles. The topological polar surface area (TPSA) is 85.1 Å². The lowest BCUT2D eigenvalue weighted by atomic mass is 9.86. The second-order valence-electron chi connectivity index (χ2n) is 10.8. The summed E-state index contributed by atoms with van der Waals surface area (Å²) >= 11 is 0. The zero-order valence-electron chi connectivity index (χ0n) is 22.4. The minimum Gasteiger partial charge on any atom is -0.484 e. The predicted octanol–water partition coefficient (Wildman–Crippen LogP) is 4.70. The van der Waals surface area contributed by atoms with E-state index in [0.717, 1.165) is 49.8 Å². The maximum Gasteiger partial charge on any atom is 0.275 e. The number of nitrogens with zero attached hydrogens (tertiary/aromatic N) is 3. The van der Waals surface area contributed by atoms with Crippen LogP contribution >= 0.6 is 0 Å². The highest BCUT2D eigenvalue weighted by Crippen LogP contribution is 2.40. The Morgan fingerprint density at radius 1 is 1.03 bits per heavy atom. The van der Waals surface area contributed by atoms with Crippen LogP contribution in [-0.4, -0.2) is 59.4 Å². The summed E-state index contributed by atoms with van der Waals surface area (Å²) in [5.74, 6) is 1.26. The van der Waals surface area contributed by atoms with Gasteiger partial charge in [-0.3, -0.25) is 9.59 Å². The Labute approximate surface area is 228 Å². The number of hydrogen-bond acceptors (Lipinski definition) is 6. The molecule has 1 aromatic heterocycles. The van der Waals surface area contributed by atoms with Crippen molar-refractivity contribution >= 4 is 11.8 Å². The molecular weight excluding hydrogens is 494 g/mol. The summed E-state index contributed by atoms with van der Waals surface area (Å²) < 4.78 is 17.0. The first kappa shape index (κ1) is 25.6. The molecule has 39 heavy (non-hydrogen) atoms. The number of fused-ring (bicyclic) bond motifs is 1. The first-order chi connectivity index (χ1) is 19.1. The van der Waals surface area contributed by atoms with Crippen molar-refractivity contribution in [3.8, 4) is 5.75 Å². The second-order valence-corrected chi connectivity index (χ2v) is 10.8. The van der Waals surface area contributed by atoms with Crippen LogP contribution in [0.25, 0.3) is 0 Å². The van der Waals surface area contributed by atoms with Crippen LogP contribution in [-0.2, 0) is 22.6 Å². The van der Waals surface area contributed by atoms with Crippen LogP contribution in [0.2, 0.25) is 0 Å². The number of oxazole rings is 1. The molecule has 0 unspecified atom stereocenters. The Balaban J connectivity index is 1.22. The summed E-state index contributed by atoms with van der Waals surface area (Å²) in [6, 6.07) is 14.5. The minimum atomic E-state index is -0.157. The number of ether oxygens (including phenoxy) is 2. The molecule has 2 aliphatic heterocycles. The highest BCUT2D eigenvalue weighted by molar-refractivity contribution is 5.92. The van der Waals surface area contributed by atoms with E-state index in [-0.39, 0.29) is 36.1 Å². The van der Waals surface area contributed by atoms with E-state index in [0.29, 0.717) is 37.9 Å². The van der Waals surface area contributed by atoms with Crippen LogP contribution in [0, 0.1) is 12.8 Å². The van der Waals surface area contributed by atoms with Gasteiger partial charge in [-0.1, -0.05) is 48.7 Å². The molecule has 8 heteroatoms. The lowest BCUT2D eigenvalue weighted by Gasteiger charge is -2.39. The highest BCUT2D eigenvalue weighted by atomic mass is 16.5.